The van der Waals surface area contributed by atoms with Crippen molar-refractivity contribution in [3.05, 3.63) is 22.6 Å². The number of aromatic amines is 1. The van der Waals surface area contributed by atoms with E-state index in [1.165, 1.54) is 6.20 Å². The number of rotatable bonds is 2. The highest BCUT2D eigenvalue weighted by Crippen LogP contribution is 1.84. The molecule has 0 saturated heterocycles. The smallest absolute Gasteiger partial charge is 0.285 e. The first-order chi connectivity index (χ1) is 4.99. The molecule has 0 amide bonds. The van der Waals surface area contributed by atoms with Crippen molar-refractivity contribution in [1.29, 1.82) is 0 Å². The van der Waals surface area contributed by atoms with Crippen LogP contribution in [0.2, 0.25) is 0 Å². The summed E-state index contributed by atoms with van der Waals surface area (Å²) in [5.74, 6) is -0.737. The topological polar surface area (TPSA) is 92.2 Å². The molecule has 0 unspecified atom stereocenters. The van der Waals surface area contributed by atoms with E-state index in [0.717, 1.165) is 10.7 Å². The minimum atomic E-state index is -4.14. The molecular formula is C4H6N2O4S. The summed E-state index contributed by atoms with van der Waals surface area (Å²) < 4.78 is 29.5. The molecule has 1 heterocycles. The normalized spacial score (nSPS) is 11.7. The van der Waals surface area contributed by atoms with Gasteiger partial charge in [-0.15, -0.1) is 0 Å². The Morgan fingerprint density at radius 1 is 1.64 bits per heavy atom. The average Bonchev–Trinajstić information content (AvgIpc) is 2.12. The maximum atomic E-state index is 10.7. The molecule has 2 N–H and O–H groups in total. The Labute approximate surface area is 62.2 Å². The van der Waals surface area contributed by atoms with Crippen molar-refractivity contribution in [3.63, 3.8) is 0 Å². The number of hydrogen-bond donors (Lipinski definition) is 2. The van der Waals surface area contributed by atoms with Crippen molar-refractivity contribution in [3.8, 4) is 0 Å². The highest BCUT2D eigenvalue weighted by Gasteiger charge is 2.06. The van der Waals surface area contributed by atoms with Crippen molar-refractivity contribution in [2.24, 2.45) is 0 Å². The number of H-pyrrole nitrogens is 1. The van der Waals surface area contributed by atoms with E-state index in [2.05, 4.69) is 5.10 Å². The van der Waals surface area contributed by atoms with Crippen molar-refractivity contribution in [1.82, 2.24) is 9.78 Å². The van der Waals surface area contributed by atoms with Gasteiger partial charge in [-0.05, 0) is 0 Å². The summed E-state index contributed by atoms with van der Waals surface area (Å²) >= 11 is 0. The van der Waals surface area contributed by atoms with Gasteiger partial charge in [0.2, 0.25) is 0 Å². The van der Waals surface area contributed by atoms with Crippen molar-refractivity contribution in [2.45, 2.75) is 5.88 Å². The van der Waals surface area contributed by atoms with Gasteiger partial charge in [-0.3, -0.25) is 9.35 Å². The first kappa shape index (κ1) is 8.02. The molecule has 0 aliphatic rings. The van der Waals surface area contributed by atoms with Gasteiger partial charge in [-0.1, -0.05) is 0 Å². The Balaban J connectivity index is 2.98. The predicted octanol–water partition coefficient (Wildman–Crippen LogP) is -0.978. The average molecular weight is 178 g/mol. The van der Waals surface area contributed by atoms with Crippen LogP contribution in [0.4, 0.5) is 0 Å². The molecule has 0 bridgehead atoms. The van der Waals surface area contributed by atoms with E-state index in [1.807, 2.05) is 0 Å². The van der Waals surface area contributed by atoms with Crippen molar-refractivity contribution < 1.29 is 13.0 Å². The Morgan fingerprint density at radius 3 is 2.64 bits per heavy atom. The Kier molecular flexibility index (Phi) is 1.83. The van der Waals surface area contributed by atoms with Crippen molar-refractivity contribution in [2.75, 3.05) is 0 Å². The zero-order valence-corrected chi connectivity index (χ0v) is 6.21. The van der Waals surface area contributed by atoms with Crippen LogP contribution >= 0.6 is 0 Å². The first-order valence-electron chi connectivity index (χ1n) is 2.68. The molecule has 0 fully saturated rings. The second-order valence-corrected chi connectivity index (χ2v) is 3.36. The molecule has 62 valence electrons. The highest BCUT2D eigenvalue weighted by molar-refractivity contribution is 7.84. The number of nitrogens with zero attached hydrogens (tertiary/aromatic N) is 1. The summed E-state index contributed by atoms with van der Waals surface area (Å²) in [6, 6.07) is 1.16. The summed E-state index contributed by atoms with van der Waals surface area (Å²) in [6.07, 6.45) is 1.29. The quantitative estimate of drug-likeness (QED) is 0.569. The fourth-order valence-corrected chi connectivity index (χ4v) is 1.14. The van der Waals surface area contributed by atoms with E-state index in [0.29, 0.717) is 0 Å². The molecule has 7 heteroatoms. The fraction of sp³-hybridized carbons (Fsp3) is 0.250. The van der Waals surface area contributed by atoms with E-state index in [4.69, 9.17) is 4.55 Å². The maximum Gasteiger partial charge on any atom is 0.285 e. The molecule has 0 spiro atoms. The molecule has 0 radical (unpaired) electrons. The third kappa shape index (κ3) is 2.20. The van der Waals surface area contributed by atoms with Gasteiger partial charge in [0.15, 0.2) is 5.88 Å². The van der Waals surface area contributed by atoms with Gasteiger partial charge in [0.1, 0.15) is 0 Å². The second kappa shape index (κ2) is 2.51. The molecule has 0 aliphatic heterocycles. The van der Waals surface area contributed by atoms with Gasteiger partial charge in [-0.2, -0.15) is 8.42 Å². The molecular weight excluding hydrogens is 172 g/mol. The minimum absolute atomic E-state index is 0.498. The van der Waals surface area contributed by atoms with Gasteiger partial charge in [-0.25, -0.2) is 4.68 Å². The van der Waals surface area contributed by atoms with Crippen LogP contribution in [0.1, 0.15) is 0 Å². The van der Waals surface area contributed by atoms with E-state index in [1.54, 1.807) is 0 Å². The molecule has 1 aromatic rings. The molecule has 0 aromatic carbocycles. The summed E-state index contributed by atoms with van der Waals surface area (Å²) in [4.78, 5) is 10.7. The van der Waals surface area contributed by atoms with Crippen LogP contribution in [0.15, 0.2) is 17.1 Å². The lowest BCUT2D eigenvalue weighted by atomic mass is 10.7. The molecule has 1 rings (SSSR count). The maximum absolute atomic E-state index is 10.7. The lowest BCUT2D eigenvalue weighted by molar-refractivity contribution is 0.465. The van der Waals surface area contributed by atoms with Gasteiger partial charge in [0.05, 0.1) is 0 Å². The summed E-state index contributed by atoms with van der Waals surface area (Å²) in [7, 11) is -4.14. The summed E-state index contributed by atoms with van der Waals surface area (Å²) in [6.45, 7) is 0. The fourth-order valence-electron chi connectivity index (χ4n) is 0.616. The third-order valence-electron chi connectivity index (χ3n) is 1.01. The molecule has 6 nitrogen and oxygen atoms in total. The molecule has 0 saturated carbocycles. The van der Waals surface area contributed by atoms with E-state index >= 15 is 0 Å². The number of aromatic nitrogens is 2. The van der Waals surface area contributed by atoms with Gasteiger partial charge in [0.25, 0.3) is 15.7 Å². The van der Waals surface area contributed by atoms with Crippen LogP contribution in [-0.2, 0) is 16.0 Å². The van der Waals surface area contributed by atoms with Crippen LogP contribution in [-0.4, -0.2) is 22.8 Å². The molecule has 1 aromatic heterocycles. The van der Waals surface area contributed by atoms with Crippen LogP contribution in [0.5, 0.6) is 0 Å². The standard InChI is InChI=1S/C4H6N2O4S/c7-4-1-2-5-6(4)3-11(8,9)10/h1-2,5H,3H2,(H,8,9,10). The lowest BCUT2D eigenvalue weighted by Crippen LogP contribution is -2.21. The van der Waals surface area contributed by atoms with E-state index < -0.39 is 21.6 Å². The van der Waals surface area contributed by atoms with Gasteiger partial charge < -0.3 is 5.10 Å². The zero-order valence-electron chi connectivity index (χ0n) is 5.39. The second-order valence-electron chi connectivity index (χ2n) is 1.94. The van der Waals surface area contributed by atoms with Crippen molar-refractivity contribution >= 4 is 10.1 Å². The Hall–Kier alpha value is -1.08. The third-order valence-corrected chi connectivity index (χ3v) is 1.60. The molecule has 0 atom stereocenters. The number of hydrogen-bond acceptors (Lipinski definition) is 3. The number of nitrogens with one attached hydrogen (secondary N) is 1. The molecule has 0 aliphatic carbocycles. The monoisotopic (exact) mass is 178 g/mol. The SMILES string of the molecule is O=c1cc[nH]n1CS(=O)(=O)O. The largest absolute Gasteiger partial charge is 0.302 e. The van der Waals surface area contributed by atoms with Gasteiger partial charge >= 0.3 is 0 Å². The van der Waals surface area contributed by atoms with Crippen LogP contribution in [0.25, 0.3) is 0 Å². The van der Waals surface area contributed by atoms with E-state index in [9.17, 15) is 13.2 Å². The highest BCUT2D eigenvalue weighted by atomic mass is 32.2. The Bertz CT molecular complexity index is 386. The van der Waals surface area contributed by atoms with Crippen LogP contribution in [0.3, 0.4) is 0 Å². The molecule has 11 heavy (non-hydrogen) atoms. The minimum Gasteiger partial charge on any atom is -0.302 e. The lowest BCUT2D eigenvalue weighted by Gasteiger charge is -1.95. The van der Waals surface area contributed by atoms with Crippen LogP contribution < -0.4 is 5.56 Å². The summed E-state index contributed by atoms with van der Waals surface area (Å²) in [5, 5.41) is 2.33. The van der Waals surface area contributed by atoms with E-state index in [-0.39, 0.29) is 0 Å². The zero-order chi connectivity index (χ0) is 8.48. The van der Waals surface area contributed by atoms with Crippen LogP contribution in [0, 0.1) is 0 Å². The predicted molar refractivity (Wildman–Crippen MR) is 36.6 cm³/mol. The first-order valence-corrected chi connectivity index (χ1v) is 4.29. The Morgan fingerprint density at radius 2 is 2.27 bits per heavy atom. The summed E-state index contributed by atoms with van der Waals surface area (Å²) in [5.41, 5.74) is -0.498. The van der Waals surface area contributed by atoms with Gasteiger partial charge in [0, 0.05) is 12.3 Å².